The second-order valence-electron chi connectivity index (χ2n) is 4.76. The molecule has 0 aromatic carbocycles. The van der Waals surface area contributed by atoms with Gasteiger partial charge in [0.2, 0.25) is 0 Å². The average Bonchev–Trinajstić information content (AvgIpc) is 3.05. The topological polar surface area (TPSA) is 92.0 Å². The van der Waals surface area contributed by atoms with Crippen LogP contribution in [0.3, 0.4) is 0 Å². The van der Waals surface area contributed by atoms with Crippen LogP contribution in [0.5, 0.6) is 0 Å². The van der Waals surface area contributed by atoms with Gasteiger partial charge in [-0.3, -0.25) is 15.1 Å². The molecule has 112 valence electrons. The van der Waals surface area contributed by atoms with Crippen molar-refractivity contribution in [1.82, 2.24) is 15.2 Å². The highest BCUT2D eigenvalue weighted by molar-refractivity contribution is 6.23. The van der Waals surface area contributed by atoms with Crippen LogP contribution in [0, 0.1) is 0 Å². The summed E-state index contributed by atoms with van der Waals surface area (Å²) in [6.07, 6.45) is 10.6. The van der Waals surface area contributed by atoms with Gasteiger partial charge in [0.1, 0.15) is 5.50 Å². The van der Waals surface area contributed by atoms with E-state index in [4.69, 9.17) is 17.3 Å². The Balaban J connectivity index is 2.09. The van der Waals surface area contributed by atoms with Crippen molar-refractivity contribution in [3.05, 3.63) is 47.6 Å². The van der Waals surface area contributed by atoms with Gasteiger partial charge in [0.25, 0.3) is 0 Å². The molecule has 0 fully saturated rings. The molecule has 22 heavy (non-hydrogen) atoms. The van der Waals surface area contributed by atoms with Crippen LogP contribution >= 0.6 is 11.6 Å². The monoisotopic (exact) mass is 314 g/mol. The van der Waals surface area contributed by atoms with E-state index in [0.29, 0.717) is 5.70 Å². The summed E-state index contributed by atoms with van der Waals surface area (Å²) >= 11 is 6.08. The molecule has 0 bridgehead atoms. The van der Waals surface area contributed by atoms with Crippen molar-refractivity contribution < 1.29 is 0 Å². The Labute approximate surface area is 132 Å². The summed E-state index contributed by atoms with van der Waals surface area (Å²) in [6.45, 7) is 0. The molecule has 0 aliphatic carbocycles. The Morgan fingerprint density at radius 1 is 1.41 bits per heavy atom. The Hall–Kier alpha value is -2.60. The van der Waals surface area contributed by atoms with Gasteiger partial charge in [0.15, 0.2) is 0 Å². The van der Waals surface area contributed by atoms with E-state index in [-0.39, 0.29) is 5.50 Å². The molecule has 7 heteroatoms. The number of alkyl halides is 1. The minimum Gasteiger partial charge on any atom is -0.398 e. The largest absolute Gasteiger partial charge is 0.398 e. The van der Waals surface area contributed by atoms with Crippen LogP contribution in [-0.2, 0) is 0 Å². The van der Waals surface area contributed by atoms with Crippen molar-refractivity contribution in [1.29, 1.82) is 0 Å². The summed E-state index contributed by atoms with van der Waals surface area (Å²) in [5.74, 6) is 0. The zero-order valence-corrected chi connectivity index (χ0v) is 12.7. The fraction of sp³-hybridized carbons (Fsp3) is 0.133. The zero-order chi connectivity index (χ0) is 15.5. The molecule has 1 atom stereocenters. The van der Waals surface area contributed by atoms with Gasteiger partial charge in [-0.05, 0) is 18.2 Å². The van der Waals surface area contributed by atoms with Crippen molar-refractivity contribution in [2.75, 3.05) is 12.4 Å². The summed E-state index contributed by atoms with van der Waals surface area (Å²) < 4.78 is 0. The van der Waals surface area contributed by atoms with Crippen molar-refractivity contribution in [3.63, 3.8) is 0 Å². The number of aliphatic imine (C=N–C) groups is 1. The summed E-state index contributed by atoms with van der Waals surface area (Å²) in [5.41, 5.74) is 10.7. The van der Waals surface area contributed by atoms with Gasteiger partial charge in [0, 0.05) is 42.4 Å². The smallest absolute Gasteiger partial charge is 0.120 e. The lowest BCUT2D eigenvalue weighted by Crippen LogP contribution is -2.14. The van der Waals surface area contributed by atoms with Gasteiger partial charge in [-0.1, -0.05) is 11.6 Å². The predicted octanol–water partition coefficient (Wildman–Crippen LogP) is 2.34. The molecular weight excluding hydrogens is 300 g/mol. The highest BCUT2D eigenvalue weighted by Gasteiger charge is 2.14. The number of H-pyrrole nitrogens is 1. The molecule has 1 aliphatic heterocycles. The number of nitrogens with zero attached hydrogens (tertiary/aromatic N) is 3. The Morgan fingerprint density at radius 2 is 2.27 bits per heavy atom. The van der Waals surface area contributed by atoms with Crippen LogP contribution in [0.2, 0.25) is 0 Å². The number of fused-ring (bicyclic) bond motifs is 1. The quantitative estimate of drug-likeness (QED) is 0.460. The van der Waals surface area contributed by atoms with Gasteiger partial charge in [-0.15, -0.1) is 0 Å². The number of nitrogens with one attached hydrogen (secondary N) is 2. The molecule has 2 aromatic rings. The molecule has 0 spiro atoms. The number of nitrogens with two attached hydrogens (primary N) is 1. The molecule has 4 N–H and O–H groups in total. The number of allylic oxidation sites excluding steroid dienone is 1. The second-order valence-corrected chi connectivity index (χ2v) is 5.23. The maximum atomic E-state index is 6.25. The van der Waals surface area contributed by atoms with Gasteiger partial charge < -0.3 is 11.1 Å². The molecule has 3 heterocycles. The number of anilines is 1. The SMILES string of the molecule is CN=CC(=C(N)c1cn[nH]c1)c1cnc2c(c1)NC(Cl)C=C2. The van der Waals surface area contributed by atoms with E-state index in [0.717, 1.165) is 28.1 Å². The maximum absolute atomic E-state index is 6.25. The van der Waals surface area contributed by atoms with Crippen LogP contribution in [0.25, 0.3) is 17.3 Å². The number of aromatic nitrogens is 3. The molecule has 2 aromatic heterocycles. The van der Waals surface area contributed by atoms with Gasteiger partial charge in [-0.25, -0.2) is 0 Å². The number of halogens is 1. The van der Waals surface area contributed by atoms with Gasteiger partial charge in [0.05, 0.1) is 23.3 Å². The minimum atomic E-state index is -0.247. The number of hydrogen-bond donors (Lipinski definition) is 3. The number of hydrogen-bond acceptors (Lipinski definition) is 5. The zero-order valence-electron chi connectivity index (χ0n) is 11.9. The molecule has 0 saturated carbocycles. The van der Waals surface area contributed by atoms with E-state index >= 15 is 0 Å². The van der Waals surface area contributed by atoms with Crippen LogP contribution in [0.15, 0.2) is 35.7 Å². The van der Waals surface area contributed by atoms with E-state index in [9.17, 15) is 0 Å². The third kappa shape index (κ3) is 2.73. The molecule has 1 aliphatic rings. The van der Waals surface area contributed by atoms with Crippen LogP contribution in [0.4, 0.5) is 5.69 Å². The third-order valence-corrected chi connectivity index (χ3v) is 3.56. The van der Waals surface area contributed by atoms with Crippen LogP contribution in [0.1, 0.15) is 16.8 Å². The van der Waals surface area contributed by atoms with E-state index in [1.807, 2.05) is 18.2 Å². The van der Waals surface area contributed by atoms with Crippen molar-refractivity contribution >= 4 is 40.8 Å². The number of rotatable bonds is 3. The Bertz CT molecular complexity index is 760. The molecule has 3 rings (SSSR count). The number of pyridine rings is 1. The maximum Gasteiger partial charge on any atom is 0.120 e. The first-order valence-corrected chi connectivity index (χ1v) is 7.13. The predicted molar refractivity (Wildman–Crippen MR) is 90.5 cm³/mol. The minimum absolute atomic E-state index is 0.247. The average molecular weight is 315 g/mol. The second kappa shape index (κ2) is 6.03. The lowest BCUT2D eigenvalue weighted by Gasteiger charge is -2.18. The molecule has 0 radical (unpaired) electrons. The van der Waals surface area contributed by atoms with Crippen molar-refractivity contribution in [2.24, 2.45) is 10.7 Å². The summed E-state index contributed by atoms with van der Waals surface area (Å²) in [6, 6.07) is 1.96. The summed E-state index contributed by atoms with van der Waals surface area (Å²) in [7, 11) is 1.70. The number of aromatic amines is 1. The van der Waals surface area contributed by atoms with Gasteiger partial charge in [-0.2, -0.15) is 5.10 Å². The molecule has 0 saturated heterocycles. The first-order chi connectivity index (χ1) is 10.7. The van der Waals surface area contributed by atoms with E-state index in [2.05, 4.69) is 25.5 Å². The third-order valence-electron chi connectivity index (χ3n) is 3.30. The van der Waals surface area contributed by atoms with E-state index < -0.39 is 0 Å². The highest BCUT2D eigenvalue weighted by Crippen LogP contribution is 2.28. The van der Waals surface area contributed by atoms with Gasteiger partial charge >= 0.3 is 0 Å². The lowest BCUT2D eigenvalue weighted by atomic mass is 10.0. The summed E-state index contributed by atoms with van der Waals surface area (Å²) in [4.78, 5) is 8.53. The first kappa shape index (κ1) is 14.3. The molecular formula is C15H15ClN6. The molecule has 6 nitrogen and oxygen atoms in total. The summed E-state index contributed by atoms with van der Waals surface area (Å²) in [5, 5.41) is 9.83. The Kier molecular flexibility index (Phi) is 3.93. The van der Waals surface area contributed by atoms with Crippen LogP contribution in [-0.4, -0.2) is 33.9 Å². The van der Waals surface area contributed by atoms with Crippen LogP contribution < -0.4 is 11.1 Å². The Morgan fingerprint density at radius 3 is 3.00 bits per heavy atom. The fourth-order valence-corrected chi connectivity index (χ4v) is 2.42. The molecule has 1 unspecified atom stereocenters. The molecule has 0 amide bonds. The van der Waals surface area contributed by atoms with E-state index in [1.54, 1.807) is 31.9 Å². The van der Waals surface area contributed by atoms with Crippen molar-refractivity contribution in [3.8, 4) is 0 Å². The standard InChI is InChI=1S/C15H15ClN6/c1-18-8-11(15(17)10-6-20-21-7-10)9-4-13-12(19-5-9)2-3-14(16)22-13/h2-8,14,22H,17H2,1H3,(H,20,21). The van der Waals surface area contributed by atoms with Crippen molar-refractivity contribution in [2.45, 2.75) is 5.50 Å². The van der Waals surface area contributed by atoms with E-state index in [1.165, 1.54) is 0 Å². The normalized spacial score (nSPS) is 18.0. The first-order valence-electron chi connectivity index (χ1n) is 6.69. The highest BCUT2D eigenvalue weighted by atomic mass is 35.5. The fourth-order valence-electron chi connectivity index (χ4n) is 2.23. The lowest BCUT2D eigenvalue weighted by molar-refractivity contribution is 1.09.